The zero-order valence-electron chi connectivity index (χ0n) is 9.55. The SMILES string of the molecule is CCCCN(CC(=O)O)C1CCS(=O)(=O)C1. The first-order chi connectivity index (χ1) is 7.44. The molecule has 6 heteroatoms. The van der Waals surface area contributed by atoms with Crippen molar-refractivity contribution < 1.29 is 18.3 Å². The number of carboxylic acids is 1. The number of unbranched alkanes of at least 4 members (excludes halogenated alkanes) is 1. The van der Waals surface area contributed by atoms with E-state index in [0.29, 0.717) is 13.0 Å². The average molecular weight is 249 g/mol. The second-order valence-corrected chi connectivity index (χ2v) is 6.50. The van der Waals surface area contributed by atoms with E-state index in [1.807, 2.05) is 6.92 Å². The molecular formula is C10H19NO4S. The summed E-state index contributed by atoms with van der Waals surface area (Å²) in [5.41, 5.74) is 0. The molecule has 94 valence electrons. The predicted octanol–water partition coefficient (Wildman–Crippen LogP) is 0.360. The third-order valence-corrected chi connectivity index (χ3v) is 4.61. The minimum atomic E-state index is -2.94. The predicted molar refractivity (Wildman–Crippen MR) is 61.2 cm³/mol. The molecule has 0 aromatic heterocycles. The number of hydrogen-bond acceptors (Lipinski definition) is 4. The van der Waals surface area contributed by atoms with E-state index in [2.05, 4.69) is 0 Å². The molecule has 16 heavy (non-hydrogen) atoms. The van der Waals surface area contributed by atoms with Crippen molar-refractivity contribution in [1.29, 1.82) is 0 Å². The molecular weight excluding hydrogens is 230 g/mol. The molecule has 1 saturated heterocycles. The van der Waals surface area contributed by atoms with E-state index in [9.17, 15) is 13.2 Å². The van der Waals surface area contributed by atoms with E-state index in [1.165, 1.54) is 0 Å². The normalized spacial score (nSPS) is 23.8. The van der Waals surface area contributed by atoms with Crippen LogP contribution in [0.5, 0.6) is 0 Å². The van der Waals surface area contributed by atoms with Crippen molar-refractivity contribution in [2.24, 2.45) is 0 Å². The van der Waals surface area contributed by atoms with Gasteiger partial charge in [0.25, 0.3) is 0 Å². The van der Waals surface area contributed by atoms with Crippen molar-refractivity contribution in [2.75, 3.05) is 24.6 Å². The molecule has 1 aliphatic heterocycles. The van der Waals surface area contributed by atoms with Gasteiger partial charge in [0.05, 0.1) is 18.1 Å². The highest BCUT2D eigenvalue weighted by molar-refractivity contribution is 7.91. The van der Waals surface area contributed by atoms with Gasteiger partial charge in [0.2, 0.25) is 0 Å². The Morgan fingerprint density at radius 2 is 2.19 bits per heavy atom. The van der Waals surface area contributed by atoms with Crippen molar-refractivity contribution in [3.05, 3.63) is 0 Å². The fourth-order valence-corrected chi connectivity index (χ4v) is 3.75. The smallest absolute Gasteiger partial charge is 0.317 e. The van der Waals surface area contributed by atoms with Crippen LogP contribution in [0.2, 0.25) is 0 Å². The summed E-state index contributed by atoms with van der Waals surface area (Å²) >= 11 is 0. The molecule has 0 amide bonds. The van der Waals surface area contributed by atoms with E-state index in [0.717, 1.165) is 12.8 Å². The Kier molecular flexibility index (Phi) is 4.73. The Bertz CT molecular complexity index is 339. The van der Waals surface area contributed by atoms with Crippen molar-refractivity contribution in [2.45, 2.75) is 32.2 Å². The molecule has 1 unspecified atom stereocenters. The highest BCUT2D eigenvalue weighted by Crippen LogP contribution is 2.18. The Hall–Kier alpha value is -0.620. The molecule has 1 rings (SSSR count). The number of sulfone groups is 1. The second kappa shape index (κ2) is 5.63. The van der Waals surface area contributed by atoms with Gasteiger partial charge in [-0.2, -0.15) is 0 Å². The zero-order valence-corrected chi connectivity index (χ0v) is 10.4. The summed E-state index contributed by atoms with van der Waals surface area (Å²) in [5.74, 6) is -0.579. The third-order valence-electron chi connectivity index (χ3n) is 2.86. The first-order valence-electron chi connectivity index (χ1n) is 5.61. The Balaban J connectivity index is 2.58. The van der Waals surface area contributed by atoms with Crippen molar-refractivity contribution in [3.8, 4) is 0 Å². The summed E-state index contributed by atoms with van der Waals surface area (Å²) in [6, 6.07) is -0.104. The molecule has 5 nitrogen and oxygen atoms in total. The lowest BCUT2D eigenvalue weighted by Crippen LogP contribution is -2.40. The average Bonchev–Trinajstić information content (AvgIpc) is 2.52. The summed E-state index contributed by atoms with van der Waals surface area (Å²) in [6.45, 7) is 2.65. The Morgan fingerprint density at radius 3 is 2.62 bits per heavy atom. The van der Waals surface area contributed by atoms with Gasteiger partial charge in [-0.3, -0.25) is 9.69 Å². The van der Waals surface area contributed by atoms with Gasteiger partial charge in [-0.1, -0.05) is 13.3 Å². The van der Waals surface area contributed by atoms with E-state index in [4.69, 9.17) is 5.11 Å². The summed E-state index contributed by atoms with van der Waals surface area (Å²) in [7, 11) is -2.94. The maximum absolute atomic E-state index is 11.3. The molecule has 1 atom stereocenters. The van der Waals surface area contributed by atoms with Crippen LogP contribution in [0.3, 0.4) is 0 Å². The fourth-order valence-electron chi connectivity index (χ4n) is 1.99. The number of nitrogens with zero attached hydrogens (tertiary/aromatic N) is 1. The summed E-state index contributed by atoms with van der Waals surface area (Å²) in [5, 5.41) is 8.78. The van der Waals surface area contributed by atoms with Crippen LogP contribution < -0.4 is 0 Å². The van der Waals surface area contributed by atoms with E-state index < -0.39 is 15.8 Å². The van der Waals surface area contributed by atoms with Gasteiger partial charge in [0.15, 0.2) is 9.84 Å². The molecule has 0 aliphatic carbocycles. The van der Waals surface area contributed by atoms with Crippen LogP contribution >= 0.6 is 0 Å². The molecule has 0 radical (unpaired) electrons. The van der Waals surface area contributed by atoms with E-state index in [-0.39, 0.29) is 24.1 Å². The maximum Gasteiger partial charge on any atom is 0.317 e. The van der Waals surface area contributed by atoms with Crippen molar-refractivity contribution in [3.63, 3.8) is 0 Å². The quantitative estimate of drug-likeness (QED) is 0.735. The minimum absolute atomic E-state index is 0.0554. The molecule has 1 aliphatic rings. The van der Waals surface area contributed by atoms with E-state index in [1.54, 1.807) is 4.90 Å². The molecule has 0 bridgehead atoms. The van der Waals surface area contributed by atoms with Crippen LogP contribution in [0, 0.1) is 0 Å². The molecule has 0 aromatic rings. The maximum atomic E-state index is 11.3. The van der Waals surface area contributed by atoms with Gasteiger partial charge < -0.3 is 5.11 Å². The minimum Gasteiger partial charge on any atom is -0.480 e. The van der Waals surface area contributed by atoms with Gasteiger partial charge in [-0.05, 0) is 19.4 Å². The summed E-state index contributed by atoms with van der Waals surface area (Å²) in [4.78, 5) is 12.5. The first-order valence-corrected chi connectivity index (χ1v) is 7.43. The van der Waals surface area contributed by atoms with Gasteiger partial charge in [0.1, 0.15) is 0 Å². The highest BCUT2D eigenvalue weighted by atomic mass is 32.2. The van der Waals surface area contributed by atoms with E-state index >= 15 is 0 Å². The van der Waals surface area contributed by atoms with Gasteiger partial charge >= 0.3 is 5.97 Å². The molecule has 0 aromatic carbocycles. The van der Waals surface area contributed by atoms with Crippen LogP contribution in [-0.4, -0.2) is 55.0 Å². The largest absolute Gasteiger partial charge is 0.480 e. The lowest BCUT2D eigenvalue weighted by Gasteiger charge is -2.25. The van der Waals surface area contributed by atoms with Crippen LogP contribution in [0.15, 0.2) is 0 Å². The monoisotopic (exact) mass is 249 g/mol. The topological polar surface area (TPSA) is 74.7 Å². The molecule has 1 N–H and O–H groups in total. The molecule has 0 spiro atoms. The lowest BCUT2D eigenvalue weighted by molar-refractivity contribution is -0.138. The zero-order chi connectivity index (χ0) is 12.2. The molecule has 1 heterocycles. The van der Waals surface area contributed by atoms with Gasteiger partial charge in [-0.25, -0.2) is 8.42 Å². The molecule has 0 saturated carbocycles. The van der Waals surface area contributed by atoms with Crippen LogP contribution in [0.25, 0.3) is 0 Å². The van der Waals surface area contributed by atoms with Crippen LogP contribution in [0.1, 0.15) is 26.2 Å². The Labute approximate surface area is 96.4 Å². The number of carboxylic acid groups (broad SMARTS) is 1. The highest BCUT2D eigenvalue weighted by Gasteiger charge is 2.32. The van der Waals surface area contributed by atoms with Gasteiger partial charge in [0, 0.05) is 6.04 Å². The van der Waals surface area contributed by atoms with Crippen molar-refractivity contribution >= 4 is 15.8 Å². The summed E-state index contributed by atoms with van der Waals surface area (Å²) < 4.78 is 22.7. The van der Waals surface area contributed by atoms with Crippen LogP contribution in [-0.2, 0) is 14.6 Å². The Morgan fingerprint density at radius 1 is 1.50 bits per heavy atom. The van der Waals surface area contributed by atoms with Crippen LogP contribution in [0.4, 0.5) is 0 Å². The standard InChI is InChI=1S/C10H19NO4S/c1-2-3-5-11(7-10(12)13)9-4-6-16(14,15)8-9/h9H,2-8H2,1H3,(H,12,13). The number of aliphatic carboxylic acids is 1. The number of rotatable bonds is 6. The lowest BCUT2D eigenvalue weighted by atomic mass is 10.2. The molecule has 1 fully saturated rings. The third kappa shape index (κ3) is 4.09. The van der Waals surface area contributed by atoms with Crippen molar-refractivity contribution in [1.82, 2.24) is 4.90 Å². The van der Waals surface area contributed by atoms with Gasteiger partial charge in [-0.15, -0.1) is 0 Å². The number of hydrogen-bond donors (Lipinski definition) is 1. The first kappa shape index (κ1) is 13.4. The summed E-state index contributed by atoms with van der Waals surface area (Å²) in [6.07, 6.45) is 2.46. The number of carbonyl (C=O) groups is 1. The second-order valence-electron chi connectivity index (χ2n) is 4.27. The fraction of sp³-hybridized carbons (Fsp3) is 0.900.